The lowest BCUT2D eigenvalue weighted by molar-refractivity contribution is 0.0698. The van der Waals surface area contributed by atoms with Gasteiger partial charge in [-0.2, -0.15) is 0 Å². The molecule has 0 aliphatic carbocycles. The van der Waals surface area contributed by atoms with Crippen molar-refractivity contribution in [1.29, 1.82) is 0 Å². The highest BCUT2D eigenvalue weighted by atomic mass is 35.5. The maximum atomic E-state index is 11.8. The third-order valence-electron chi connectivity index (χ3n) is 3.01. The van der Waals surface area contributed by atoms with Crippen LogP contribution < -0.4 is 5.32 Å². The Kier molecular flexibility index (Phi) is 5.01. The van der Waals surface area contributed by atoms with E-state index < -0.39 is 12.1 Å². The van der Waals surface area contributed by atoms with Gasteiger partial charge in [0.05, 0.1) is 16.3 Å². The number of aromatic carboxylic acids is 1. The molecule has 0 radical (unpaired) electrons. The van der Waals surface area contributed by atoms with Crippen molar-refractivity contribution in [3.05, 3.63) is 64.2 Å². The predicted octanol–water partition coefficient (Wildman–Crippen LogP) is 4.10. The van der Waals surface area contributed by atoms with Gasteiger partial charge in [-0.3, -0.25) is 5.32 Å². The van der Waals surface area contributed by atoms with Gasteiger partial charge in [-0.05, 0) is 24.1 Å². The molecule has 2 rings (SSSR count). The average Bonchev–Trinajstić information content (AvgIpc) is 2.50. The molecule has 0 unspecified atom stereocenters. The fourth-order valence-corrected chi connectivity index (χ4v) is 2.05. The highest BCUT2D eigenvalue weighted by Crippen LogP contribution is 2.29. The normalized spacial score (nSPS) is 10.1. The molecule has 2 aromatic carbocycles. The number of amides is 1. The number of anilines is 1. The molecule has 2 N–H and O–H groups in total. The summed E-state index contributed by atoms with van der Waals surface area (Å²) in [7, 11) is 0. The monoisotopic (exact) mass is 319 g/mol. The number of aryl methyl sites for hydroxylation is 1. The smallest absolute Gasteiger partial charge is 0.412 e. The Morgan fingerprint density at radius 1 is 1.18 bits per heavy atom. The van der Waals surface area contributed by atoms with E-state index >= 15 is 0 Å². The van der Waals surface area contributed by atoms with Gasteiger partial charge in [0, 0.05) is 0 Å². The number of ether oxygens (including phenoxy) is 1. The lowest BCUT2D eigenvalue weighted by atomic mass is 10.1. The van der Waals surface area contributed by atoms with Crippen LogP contribution in [0.3, 0.4) is 0 Å². The minimum atomic E-state index is -1.18. The first-order chi connectivity index (χ1) is 10.5. The molecule has 6 heteroatoms. The first-order valence-electron chi connectivity index (χ1n) is 6.49. The first kappa shape index (κ1) is 15.9. The molecule has 0 spiro atoms. The maximum Gasteiger partial charge on any atom is 0.412 e. The quantitative estimate of drug-likeness (QED) is 0.889. The highest BCUT2D eigenvalue weighted by Gasteiger charge is 2.17. The molecule has 0 heterocycles. The first-order valence-corrected chi connectivity index (χ1v) is 6.87. The van der Waals surface area contributed by atoms with E-state index in [0.29, 0.717) is 5.56 Å². The number of halogens is 1. The summed E-state index contributed by atoms with van der Waals surface area (Å²) in [5, 5.41) is 11.7. The average molecular weight is 320 g/mol. The van der Waals surface area contributed by atoms with Crippen molar-refractivity contribution in [2.45, 2.75) is 13.5 Å². The molecule has 114 valence electrons. The lowest BCUT2D eigenvalue weighted by Gasteiger charge is -2.12. The molecule has 1 amide bonds. The molecule has 0 saturated heterocycles. The lowest BCUT2D eigenvalue weighted by Crippen LogP contribution is -2.16. The van der Waals surface area contributed by atoms with E-state index in [1.165, 1.54) is 6.07 Å². The van der Waals surface area contributed by atoms with E-state index in [4.69, 9.17) is 21.4 Å². The number of rotatable bonds is 4. The summed E-state index contributed by atoms with van der Waals surface area (Å²) < 4.78 is 5.06. The number of benzene rings is 2. The standard InChI is InChI=1S/C16H14ClNO4/c1-10-7-8-12(15(19)20)14(13(10)17)18-16(21)22-9-11-5-3-2-4-6-11/h2-8H,9H2,1H3,(H,18,21)(H,19,20). The van der Waals surface area contributed by atoms with Gasteiger partial charge >= 0.3 is 12.1 Å². The van der Waals surface area contributed by atoms with E-state index in [2.05, 4.69) is 5.32 Å². The van der Waals surface area contributed by atoms with Crippen molar-refractivity contribution in [2.24, 2.45) is 0 Å². The maximum absolute atomic E-state index is 11.8. The Bertz CT molecular complexity index is 701. The molecule has 0 aromatic heterocycles. The number of hydrogen-bond donors (Lipinski definition) is 2. The summed E-state index contributed by atoms with van der Waals surface area (Å²) >= 11 is 6.07. The Morgan fingerprint density at radius 3 is 2.50 bits per heavy atom. The summed E-state index contributed by atoms with van der Waals surface area (Å²) in [4.78, 5) is 23.0. The van der Waals surface area contributed by atoms with Gasteiger partial charge in [0.1, 0.15) is 6.61 Å². The number of nitrogens with one attached hydrogen (secondary N) is 1. The predicted molar refractivity (Wildman–Crippen MR) is 83.4 cm³/mol. The van der Waals surface area contributed by atoms with Crippen molar-refractivity contribution in [3.63, 3.8) is 0 Å². The van der Waals surface area contributed by atoms with Crippen LogP contribution in [0.1, 0.15) is 21.5 Å². The van der Waals surface area contributed by atoms with Crippen LogP contribution in [0.5, 0.6) is 0 Å². The molecule has 2 aromatic rings. The fourth-order valence-electron chi connectivity index (χ4n) is 1.84. The van der Waals surface area contributed by atoms with Gasteiger partial charge < -0.3 is 9.84 Å². The second-order valence-corrected chi connectivity index (χ2v) is 4.99. The molecular formula is C16H14ClNO4. The fraction of sp³-hybridized carbons (Fsp3) is 0.125. The van der Waals surface area contributed by atoms with E-state index in [0.717, 1.165) is 5.56 Å². The zero-order chi connectivity index (χ0) is 16.1. The molecule has 5 nitrogen and oxygen atoms in total. The van der Waals surface area contributed by atoms with Crippen LogP contribution in [-0.2, 0) is 11.3 Å². The van der Waals surface area contributed by atoms with Crippen molar-refractivity contribution in [2.75, 3.05) is 5.32 Å². The molecule has 0 aliphatic heterocycles. The van der Waals surface area contributed by atoms with Crippen molar-refractivity contribution in [3.8, 4) is 0 Å². The van der Waals surface area contributed by atoms with Gasteiger partial charge in [-0.15, -0.1) is 0 Å². The molecule has 22 heavy (non-hydrogen) atoms. The largest absolute Gasteiger partial charge is 0.478 e. The Morgan fingerprint density at radius 2 is 1.86 bits per heavy atom. The van der Waals surface area contributed by atoms with Crippen LogP contribution in [0, 0.1) is 6.92 Å². The van der Waals surface area contributed by atoms with Crippen molar-refractivity contribution >= 4 is 29.4 Å². The van der Waals surface area contributed by atoms with Crippen LogP contribution in [0.4, 0.5) is 10.5 Å². The molecule has 0 aliphatic rings. The van der Waals surface area contributed by atoms with Gasteiger partial charge in [0.25, 0.3) is 0 Å². The van der Waals surface area contributed by atoms with Crippen LogP contribution in [0.15, 0.2) is 42.5 Å². The van der Waals surface area contributed by atoms with Crippen LogP contribution >= 0.6 is 11.6 Å². The van der Waals surface area contributed by atoms with Gasteiger partial charge in [-0.1, -0.05) is 48.0 Å². The van der Waals surface area contributed by atoms with Crippen LogP contribution in [0.2, 0.25) is 5.02 Å². The zero-order valence-electron chi connectivity index (χ0n) is 11.8. The topological polar surface area (TPSA) is 75.6 Å². The summed E-state index contributed by atoms with van der Waals surface area (Å²) in [6.45, 7) is 1.80. The number of carboxylic acid groups (broad SMARTS) is 1. The molecule has 0 saturated carbocycles. The van der Waals surface area contributed by atoms with E-state index in [1.807, 2.05) is 30.3 Å². The third kappa shape index (κ3) is 3.77. The van der Waals surface area contributed by atoms with Crippen molar-refractivity contribution in [1.82, 2.24) is 0 Å². The number of carbonyl (C=O) groups is 2. The molecule has 0 atom stereocenters. The minimum absolute atomic E-state index is 0.0345. The molecule has 0 bridgehead atoms. The second-order valence-electron chi connectivity index (χ2n) is 4.61. The number of carboxylic acids is 1. The number of hydrogen-bond acceptors (Lipinski definition) is 3. The van der Waals surface area contributed by atoms with Gasteiger partial charge in [0.15, 0.2) is 0 Å². The molecular weight excluding hydrogens is 306 g/mol. The minimum Gasteiger partial charge on any atom is -0.478 e. The van der Waals surface area contributed by atoms with E-state index in [1.54, 1.807) is 13.0 Å². The van der Waals surface area contributed by atoms with E-state index in [-0.39, 0.29) is 22.9 Å². The SMILES string of the molecule is Cc1ccc(C(=O)O)c(NC(=O)OCc2ccccc2)c1Cl. The Hall–Kier alpha value is -2.53. The number of carbonyl (C=O) groups excluding carboxylic acids is 1. The summed E-state index contributed by atoms with van der Waals surface area (Å²) in [6, 6.07) is 12.1. The van der Waals surface area contributed by atoms with Gasteiger partial charge in [-0.25, -0.2) is 9.59 Å². The second kappa shape index (κ2) is 6.95. The summed E-state index contributed by atoms with van der Waals surface area (Å²) in [5.41, 5.74) is 1.43. The molecule has 0 fully saturated rings. The zero-order valence-corrected chi connectivity index (χ0v) is 12.6. The summed E-state index contributed by atoms with van der Waals surface area (Å²) in [6.07, 6.45) is -0.765. The van der Waals surface area contributed by atoms with E-state index in [9.17, 15) is 9.59 Å². The van der Waals surface area contributed by atoms with Crippen LogP contribution in [-0.4, -0.2) is 17.2 Å². The van der Waals surface area contributed by atoms with Crippen LogP contribution in [0.25, 0.3) is 0 Å². The van der Waals surface area contributed by atoms with Gasteiger partial charge in [0.2, 0.25) is 0 Å². The highest BCUT2D eigenvalue weighted by molar-refractivity contribution is 6.35. The summed E-state index contributed by atoms with van der Waals surface area (Å²) in [5.74, 6) is -1.18. The Balaban J connectivity index is 2.11. The Labute approximate surface area is 132 Å². The van der Waals surface area contributed by atoms with Crippen molar-refractivity contribution < 1.29 is 19.4 Å². The third-order valence-corrected chi connectivity index (χ3v) is 3.49.